The van der Waals surface area contributed by atoms with E-state index in [1.54, 1.807) is 25.8 Å². The zero-order chi connectivity index (χ0) is 20.4. The van der Waals surface area contributed by atoms with E-state index in [-0.39, 0.29) is 18.3 Å². The van der Waals surface area contributed by atoms with Crippen molar-refractivity contribution in [2.75, 3.05) is 12.9 Å². The molecule has 0 aliphatic carbocycles. The minimum absolute atomic E-state index is 0.274. The molecular formula is C21H24ClNO4S. The standard InChI is InChI=1S/C21H24ClNO4S/c1-15(21(25)23-14-16-5-9-18(26-2)10-6-16)27-20(24)4-3-13-28-19-11-7-17(22)8-12-19/h5-12,15H,3-4,13-14H2,1-2H3,(H,23,25)/t15-/m0/s1. The summed E-state index contributed by atoms with van der Waals surface area (Å²) in [6, 6.07) is 15.0. The highest BCUT2D eigenvalue weighted by atomic mass is 35.5. The van der Waals surface area contributed by atoms with Crippen LogP contribution in [0.2, 0.25) is 5.02 Å². The van der Waals surface area contributed by atoms with Gasteiger partial charge in [0, 0.05) is 22.9 Å². The summed E-state index contributed by atoms with van der Waals surface area (Å²) in [5.41, 5.74) is 0.937. The average Bonchev–Trinajstić information content (AvgIpc) is 2.71. The molecule has 0 bridgehead atoms. The molecule has 0 aromatic heterocycles. The van der Waals surface area contributed by atoms with Crippen molar-refractivity contribution in [3.05, 3.63) is 59.1 Å². The first-order valence-corrected chi connectivity index (χ1v) is 10.3. The van der Waals surface area contributed by atoms with Crippen molar-refractivity contribution < 1.29 is 19.1 Å². The van der Waals surface area contributed by atoms with Gasteiger partial charge >= 0.3 is 5.97 Å². The predicted molar refractivity (Wildman–Crippen MR) is 112 cm³/mol. The van der Waals surface area contributed by atoms with E-state index in [1.165, 1.54) is 0 Å². The maximum absolute atomic E-state index is 12.1. The second-order valence-corrected chi connectivity index (χ2v) is 7.71. The van der Waals surface area contributed by atoms with Crippen LogP contribution in [-0.2, 0) is 20.9 Å². The third-order valence-electron chi connectivity index (χ3n) is 3.91. The van der Waals surface area contributed by atoms with E-state index >= 15 is 0 Å². The number of rotatable bonds is 10. The first kappa shape index (κ1) is 22.1. The Morgan fingerprint density at radius 2 is 1.79 bits per heavy atom. The van der Waals surface area contributed by atoms with E-state index in [4.69, 9.17) is 21.1 Å². The minimum Gasteiger partial charge on any atom is -0.497 e. The summed E-state index contributed by atoms with van der Waals surface area (Å²) >= 11 is 7.50. The van der Waals surface area contributed by atoms with Crippen LogP contribution in [-0.4, -0.2) is 30.8 Å². The second-order valence-electron chi connectivity index (χ2n) is 6.10. The van der Waals surface area contributed by atoms with E-state index < -0.39 is 6.10 Å². The lowest BCUT2D eigenvalue weighted by atomic mass is 10.2. The fourth-order valence-electron chi connectivity index (χ4n) is 2.32. The van der Waals surface area contributed by atoms with Gasteiger partial charge in [-0.3, -0.25) is 9.59 Å². The van der Waals surface area contributed by atoms with Crippen molar-refractivity contribution in [2.45, 2.75) is 37.3 Å². The van der Waals surface area contributed by atoms with Crippen LogP contribution in [0.25, 0.3) is 0 Å². The topological polar surface area (TPSA) is 64.6 Å². The summed E-state index contributed by atoms with van der Waals surface area (Å²) in [5, 5.41) is 3.46. The van der Waals surface area contributed by atoms with Crippen LogP contribution in [0, 0.1) is 0 Å². The number of methoxy groups -OCH3 is 1. The molecule has 7 heteroatoms. The molecule has 1 atom stereocenters. The quantitative estimate of drug-likeness (QED) is 0.348. The highest BCUT2D eigenvalue weighted by molar-refractivity contribution is 7.99. The summed E-state index contributed by atoms with van der Waals surface area (Å²) < 4.78 is 10.3. The normalized spacial score (nSPS) is 11.5. The third kappa shape index (κ3) is 7.82. The number of hydrogen-bond donors (Lipinski definition) is 1. The smallest absolute Gasteiger partial charge is 0.306 e. The maximum Gasteiger partial charge on any atom is 0.306 e. The summed E-state index contributed by atoms with van der Waals surface area (Å²) in [4.78, 5) is 25.1. The molecule has 2 rings (SSSR count). The van der Waals surface area contributed by atoms with Gasteiger partial charge in [0.1, 0.15) is 5.75 Å². The van der Waals surface area contributed by atoms with Crippen LogP contribution in [0.15, 0.2) is 53.4 Å². The Morgan fingerprint density at radius 3 is 2.43 bits per heavy atom. The molecule has 1 amide bonds. The molecule has 0 saturated carbocycles. The van der Waals surface area contributed by atoms with Gasteiger partial charge in [-0.1, -0.05) is 23.7 Å². The van der Waals surface area contributed by atoms with Crippen molar-refractivity contribution in [3.8, 4) is 5.75 Å². The van der Waals surface area contributed by atoms with Crippen molar-refractivity contribution in [3.63, 3.8) is 0 Å². The SMILES string of the molecule is COc1ccc(CNC(=O)[C@H](C)OC(=O)CCCSc2ccc(Cl)cc2)cc1. The van der Waals surface area contributed by atoms with Gasteiger partial charge in [-0.2, -0.15) is 0 Å². The van der Waals surface area contributed by atoms with E-state index in [9.17, 15) is 9.59 Å². The third-order valence-corrected chi connectivity index (χ3v) is 5.26. The number of ether oxygens (including phenoxy) is 2. The van der Waals surface area contributed by atoms with Gasteiger partial charge in [0.25, 0.3) is 5.91 Å². The number of carbonyl (C=O) groups excluding carboxylic acids is 2. The van der Waals surface area contributed by atoms with Crippen LogP contribution in [0.1, 0.15) is 25.3 Å². The van der Waals surface area contributed by atoms with Crippen LogP contribution < -0.4 is 10.1 Å². The molecule has 5 nitrogen and oxygen atoms in total. The van der Waals surface area contributed by atoms with Gasteiger partial charge in [0.05, 0.1) is 7.11 Å². The first-order chi connectivity index (χ1) is 13.5. The van der Waals surface area contributed by atoms with Crippen molar-refractivity contribution in [1.29, 1.82) is 0 Å². The van der Waals surface area contributed by atoms with E-state index in [0.717, 1.165) is 22.0 Å². The molecule has 0 unspecified atom stereocenters. The van der Waals surface area contributed by atoms with E-state index in [0.29, 0.717) is 18.0 Å². The van der Waals surface area contributed by atoms with Gasteiger partial charge in [-0.05, 0) is 61.1 Å². The lowest BCUT2D eigenvalue weighted by molar-refractivity contribution is -0.154. The molecule has 28 heavy (non-hydrogen) atoms. The first-order valence-electron chi connectivity index (χ1n) is 8.96. The molecule has 2 aromatic rings. The zero-order valence-electron chi connectivity index (χ0n) is 15.9. The van der Waals surface area contributed by atoms with Gasteiger partial charge in [0.15, 0.2) is 6.10 Å². The molecule has 150 valence electrons. The molecule has 0 aliphatic heterocycles. The molecule has 0 heterocycles. The van der Waals surface area contributed by atoms with Crippen LogP contribution in [0.4, 0.5) is 0 Å². The summed E-state index contributed by atoms with van der Waals surface area (Å²) in [6.45, 7) is 1.94. The molecule has 0 saturated heterocycles. The zero-order valence-corrected chi connectivity index (χ0v) is 17.5. The molecule has 0 radical (unpaired) electrons. The van der Waals surface area contributed by atoms with Gasteiger partial charge in [-0.25, -0.2) is 0 Å². The van der Waals surface area contributed by atoms with E-state index in [1.807, 2.05) is 48.5 Å². The molecule has 2 aromatic carbocycles. The molecule has 1 N–H and O–H groups in total. The lowest BCUT2D eigenvalue weighted by Gasteiger charge is -2.13. The minimum atomic E-state index is -0.824. The summed E-state index contributed by atoms with van der Waals surface area (Å²) in [5.74, 6) is 0.851. The average molecular weight is 422 g/mol. The predicted octanol–water partition coefficient (Wildman–Crippen LogP) is 4.47. The molecular weight excluding hydrogens is 398 g/mol. The van der Waals surface area contributed by atoms with Gasteiger partial charge in [-0.15, -0.1) is 11.8 Å². The number of benzene rings is 2. The second kappa shape index (κ2) is 11.6. The van der Waals surface area contributed by atoms with Crippen molar-refractivity contribution in [1.82, 2.24) is 5.32 Å². The number of thioether (sulfide) groups is 1. The maximum atomic E-state index is 12.1. The summed E-state index contributed by atoms with van der Waals surface area (Å²) in [7, 11) is 1.60. The van der Waals surface area contributed by atoms with Gasteiger partial charge < -0.3 is 14.8 Å². The highest BCUT2D eigenvalue weighted by Gasteiger charge is 2.17. The van der Waals surface area contributed by atoms with Crippen LogP contribution >= 0.6 is 23.4 Å². The Kier molecular flexibility index (Phi) is 9.17. The fraction of sp³-hybridized carbons (Fsp3) is 0.333. The molecule has 0 aliphatic rings. The van der Waals surface area contributed by atoms with Crippen molar-refractivity contribution >= 4 is 35.2 Å². The largest absolute Gasteiger partial charge is 0.497 e. The van der Waals surface area contributed by atoms with Gasteiger partial charge in [0.2, 0.25) is 0 Å². The summed E-state index contributed by atoms with van der Waals surface area (Å²) in [6.07, 6.45) is 0.123. The number of amides is 1. The monoisotopic (exact) mass is 421 g/mol. The van der Waals surface area contributed by atoms with Crippen LogP contribution in [0.3, 0.4) is 0 Å². The Morgan fingerprint density at radius 1 is 1.11 bits per heavy atom. The Hall–Kier alpha value is -2.18. The number of esters is 1. The van der Waals surface area contributed by atoms with Crippen LogP contribution in [0.5, 0.6) is 5.75 Å². The number of hydrogen-bond acceptors (Lipinski definition) is 5. The number of carbonyl (C=O) groups is 2. The Labute approximate surface area is 174 Å². The van der Waals surface area contributed by atoms with Crippen molar-refractivity contribution in [2.24, 2.45) is 0 Å². The Balaban J connectivity index is 1.63. The fourth-order valence-corrected chi connectivity index (χ4v) is 3.30. The Bertz CT molecular complexity index is 765. The highest BCUT2D eigenvalue weighted by Crippen LogP contribution is 2.21. The molecule has 0 spiro atoms. The van der Waals surface area contributed by atoms with E-state index in [2.05, 4.69) is 5.32 Å². The lowest BCUT2D eigenvalue weighted by Crippen LogP contribution is -2.35. The molecule has 0 fully saturated rings. The number of halogens is 1. The number of nitrogens with one attached hydrogen (secondary N) is 1.